The Balaban J connectivity index is 1.77. The molecule has 24 heavy (non-hydrogen) atoms. The van der Waals surface area contributed by atoms with E-state index in [1.165, 1.54) is 18.2 Å². The molecule has 4 nitrogen and oxygen atoms in total. The maximum Gasteiger partial charge on any atom is 0.298 e. The number of nitrogens with zero attached hydrogens (tertiary/aromatic N) is 1. The van der Waals surface area contributed by atoms with Crippen molar-refractivity contribution in [2.24, 2.45) is 0 Å². The maximum atomic E-state index is 13.6. The monoisotopic (exact) mass is 322 g/mol. The van der Waals surface area contributed by atoms with Crippen LogP contribution in [0.1, 0.15) is 16.1 Å². The first-order chi connectivity index (χ1) is 11.6. The summed E-state index contributed by atoms with van der Waals surface area (Å²) in [4.78, 5) is 24.5. The summed E-state index contributed by atoms with van der Waals surface area (Å²) in [5.74, 6) is -2.16. The number of hydrogen-bond acceptors (Lipinski definition) is 2. The lowest BCUT2D eigenvalue weighted by Gasteiger charge is -2.09. The standard InChI is InChI=1S/C19H15FN2O2/c20-15-9-4-5-10-16(15)21-19(24)18(23)17-11-6-12-22(17)13-14-7-2-1-3-8-14/h1-12H,13H2,(H,21,24). The third-order valence-corrected chi connectivity index (χ3v) is 3.59. The number of amides is 1. The van der Waals surface area contributed by atoms with Crippen LogP contribution in [-0.4, -0.2) is 16.3 Å². The van der Waals surface area contributed by atoms with E-state index < -0.39 is 17.5 Å². The highest BCUT2D eigenvalue weighted by molar-refractivity contribution is 6.46. The second-order valence-corrected chi connectivity index (χ2v) is 5.27. The molecule has 0 saturated heterocycles. The van der Waals surface area contributed by atoms with E-state index in [4.69, 9.17) is 0 Å². The van der Waals surface area contributed by atoms with Crippen molar-refractivity contribution >= 4 is 17.4 Å². The zero-order valence-electron chi connectivity index (χ0n) is 12.8. The summed E-state index contributed by atoms with van der Waals surface area (Å²) in [6.45, 7) is 0.474. The molecule has 0 spiro atoms. The molecule has 0 radical (unpaired) electrons. The first kappa shape index (κ1) is 15.7. The number of Topliss-reactive ketones (excluding diaryl/α,β-unsaturated/α-hetero) is 1. The van der Waals surface area contributed by atoms with Gasteiger partial charge in [0.25, 0.3) is 11.7 Å². The number of benzene rings is 2. The quantitative estimate of drug-likeness (QED) is 0.577. The smallest absolute Gasteiger partial charge is 0.298 e. The molecule has 120 valence electrons. The summed E-state index contributed by atoms with van der Waals surface area (Å²) in [6, 6.07) is 18.6. The molecule has 0 aliphatic carbocycles. The number of aromatic nitrogens is 1. The molecule has 3 rings (SSSR count). The van der Waals surface area contributed by atoms with Gasteiger partial charge in [-0.1, -0.05) is 42.5 Å². The van der Waals surface area contributed by atoms with Gasteiger partial charge in [-0.25, -0.2) is 4.39 Å². The van der Waals surface area contributed by atoms with Crippen LogP contribution in [0.15, 0.2) is 72.9 Å². The van der Waals surface area contributed by atoms with E-state index in [1.807, 2.05) is 30.3 Å². The molecule has 0 atom stereocenters. The molecule has 1 heterocycles. The van der Waals surface area contributed by atoms with Crippen molar-refractivity contribution in [3.63, 3.8) is 0 Å². The van der Waals surface area contributed by atoms with Gasteiger partial charge in [-0.15, -0.1) is 0 Å². The van der Waals surface area contributed by atoms with Gasteiger partial charge >= 0.3 is 0 Å². The van der Waals surface area contributed by atoms with E-state index in [-0.39, 0.29) is 11.4 Å². The summed E-state index contributed by atoms with van der Waals surface area (Å²) >= 11 is 0. The van der Waals surface area contributed by atoms with Crippen molar-refractivity contribution in [1.29, 1.82) is 0 Å². The second kappa shape index (κ2) is 6.91. The van der Waals surface area contributed by atoms with Gasteiger partial charge in [0, 0.05) is 12.7 Å². The first-order valence-electron chi connectivity index (χ1n) is 7.44. The fourth-order valence-electron chi connectivity index (χ4n) is 2.40. The van der Waals surface area contributed by atoms with Crippen LogP contribution in [0, 0.1) is 5.82 Å². The highest BCUT2D eigenvalue weighted by Crippen LogP contribution is 2.14. The van der Waals surface area contributed by atoms with Gasteiger partial charge in [-0.3, -0.25) is 9.59 Å². The Morgan fingerprint density at radius 2 is 1.62 bits per heavy atom. The van der Waals surface area contributed by atoms with Gasteiger partial charge in [-0.2, -0.15) is 0 Å². The molecule has 5 heteroatoms. The highest BCUT2D eigenvalue weighted by atomic mass is 19.1. The van der Waals surface area contributed by atoms with Crippen LogP contribution < -0.4 is 5.32 Å². The van der Waals surface area contributed by atoms with Gasteiger partial charge < -0.3 is 9.88 Å². The van der Waals surface area contributed by atoms with Crippen LogP contribution in [0.3, 0.4) is 0 Å². The normalized spacial score (nSPS) is 10.4. The van der Waals surface area contributed by atoms with Crippen molar-refractivity contribution in [3.8, 4) is 0 Å². The molecule has 1 amide bonds. The van der Waals surface area contributed by atoms with Gasteiger partial charge in [0.1, 0.15) is 5.82 Å². The van der Waals surface area contributed by atoms with Gasteiger partial charge in [0.2, 0.25) is 0 Å². The summed E-state index contributed by atoms with van der Waals surface area (Å²) < 4.78 is 15.3. The predicted octanol–water partition coefficient (Wildman–Crippen LogP) is 3.50. The van der Waals surface area contributed by atoms with Crippen molar-refractivity contribution in [3.05, 3.63) is 90.0 Å². The minimum Gasteiger partial charge on any atom is -0.340 e. The second-order valence-electron chi connectivity index (χ2n) is 5.27. The van der Waals surface area contributed by atoms with Crippen LogP contribution in [0.2, 0.25) is 0 Å². The van der Waals surface area contributed by atoms with Crippen LogP contribution in [0.5, 0.6) is 0 Å². The Morgan fingerprint density at radius 3 is 2.38 bits per heavy atom. The van der Waals surface area contributed by atoms with E-state index in [0.717, 1.165) is 5.56 Å². The number of carbonyl (C=O) groups excluding carboxylic acids is 2. The molecular formula is C19H15FN2O2. The van der Waals surface area contributed by atoms with E-state index in [2.05, 4.69) is 5.32 Å². The molecule has 1 aromatic heterocycles. The largest absolute Gasteiger partial charge is 0.340 e. The van der Waals surface area contributed by atoms with Crippen LogP contribution in [-0.2, 0) is 11.3 Å². The van der Waals surface area contributed by atoms with Crippen molar-refractivity contribution in [2.75, 3.05) is 5.32 Å². The van der Waals surface area contributed by atoms with E-state index in [0.29, 0.717) is 6.54 Å². The highest BCUT2D eigenvalue weighted by Gasteiger charge is 2.20. The fraction of sp³-hybridized carbons (Fsp3) is 0.0526. The number of carbonyl (C=O) groups is 2. The molecule has 1 N–H and O–H groups in total. The van der Waals surface area contributed by atoms with Crippen molar-refractivity contribution in [2.45, 2.75) is 6.54 Å². The van der Waals surface area contributed by atoms with Crippen LogP contribution >= 0.6 is 0 Å². The first-order valence-corrected chi connectivity index (χ1v) is 7.44. The molecule has 0 saturated carbocycles. The predicted molar refractivity (Wildman–Crippen MR) is 89.3 cm³/mol. The molecule has 0 fully saturated rings. The summed E-state index contributed by atoms with van der Waals surface area (Å²) in [5, 5.41) is 2.31. The summed E-state index contributed by atoms with van der Waals surface area (Å²) in [5.41, 5.74) is 1.25. The number of hydrogen-bond donors (Lipinski definition) is 1. The molecule has 0 aliphatic rings. The summed E-state index contributed by atoms with van der Waals surface area (Å²) in [6.07, 6.45) is 1.73. The maximum absolute atomic E-state index is 13.6. The number of rotatable bonds is 5. The van der Waals surface area contributed by atoms with Crippen LogP contribution in [0.4, 0.5) is 10.1 Å². The molecular weight excluding hydrogens is 307 g/mol. The van der Waals surface area contributed by atoms with E-state index in [9.17, 15) is 14.0 Å². The number of nitrogens with one attached hydrogen (secondary N) is 1. The average Bonchev–Trinajstić information content (AvgIpc) is 3.05. The third-order valence-electron chi connectivity index (χ3n) is 3.59. The number of halogens is 1. The number of para-hydroxylation sites is 1. The fourth-order valence-corrected chi connectivity index (χ4v) is 2.40. The lowest BCUT2D eigenvalue weighted by atomic mass is 10.2. The lowest BCUT2D eigenvalue weighted by molar-refractivity contribution is -0.112. The Bertz CT molecular complexity index is 872. The minimum atomic E-state index is -0.867. The van der Waals surface area contributed by atoms with E-state index in [1.54, 1.807) is 29.0 Å². The Hall–Kier alpha value is -3.21. The zero-order valence-corrected chi connectivity index (χ0v) is 12.8. The Morgan fingerprint density at radius 1 is 0.917 bits per heavy atom. The molecule has 3 aromatic rings. The van der Waals surface area contributed by atoms with Crippen molar-refractivity contribution < 1.29 is 14.0 Å². The van der Waals surface area contributed by atoms with Gasteiger partial charge in [-0.05, 0) is 29.8 Å². The molecule has 2 aromatic carbocycles. The zero-order chi connectivity index (χ0) is 16.9. The Labute approximate surface area is 138 Å². The van der Waals surface area contributed by atoms with Crippen molar-refractivity contribution in [1.82, 2.24) is 4.57 Å². The topological polar surface area (TPSA) is 51.1 Å². The van der Waals surface area contributed by atoms with Crippen LogP contribution in [0.25, 0.3) is 0 Å². The van der Waals surface area contributed by atoms with E-state index >= 15 is 0 Å². The lowest BCUT2D eigenvalue weighted by Crippen LogP contribution is -2.25. The van der Waals surface area contributed by atoms with Gasteiger partial charge in [0.15, 0.2) is 0 Å². The molecule has 0 aliphatic heterocycles. The third kappa shape index (κ3) is 3.41. The summed E-state index contributed by atoms with van der Waals surface area (Å²) in [7, 11) is 0. The number of anilines is 1. The minimum absolute atomic E-state index is 0.0167. The number of ketones is 1. The molecule has 0 unspecified atom stereocenters. The Kier molecular flexibility index (Phi) is 4.52. The SMILES string of the molecule is O=C(Nc1ccccc1F)C(=O)c1cccn1Cc1ccccc1. The average molecular weight is 322 g/mol. The molecule has 0 bridgehead atoms. The van der Waals surface area contributed by atoms with Gasteiger partial charge in [0.05, 0.1) is 11.4 Å².